The number of nitrogens with one attached hydrogen (secondary N) is 1. The molecule has 3 nitrogen and oxygen atoms in total. The number of hydrogen-bond donors (Lipinski definition) is 1. The van der Waals surface area contributed by atoms with Crippen molar-refractivity contribution in [1.82, 2.24) is 5.32 Å². The van der Waals surface area contributed by atoms with Gasteiger partial charge < -0.3 is 14.8 Å². The zero-order chi connectivity index (χ0) is 13.8. The number of halogens is 1. The molecule has 1 aromatic carbocycles. The average Bonchev–Trinajstić information content (AvgIpc) is 2.92. The summed E-state index contributed by atoms with van der Waals surface area (Å²) in [6.07, 6.45) is 4.71. The van der Waals surface area contributed by atoms with Crippen molar-refractivity contribution in [3.8, 4) is 5.75 Å². The summed E-state index contributed by atoms with van der Waals surface area (Å²) in [6, 6.07) is 3.97. The smallest absolute Gasteiger partial charge is 0.128 e. The van der Waals surface area contributed by atoms with Gasteiger partial charge in [0.1, 0.15) is 5.75 Å². The number of ether oxygens (including phenoxy) is 2. The van der Waals surface area contributed by atoms with Crippen LogP contribution in [0.3, 0.4) is 0 Å². The van der Waals surface area contributed by atoms with Crippen LogP contribution in [0, 0.1) is 5.92 Å². The molecule has 2 aliphatic rings. The topological polar surface area (TPSA) is 30.5 Å². The minimum atomic E-state index is 0.600. The van der Waals surface area contributed by atoms with E-state index in [1.807, 2.05) is 12.1 Å². The molecule has 1 unspecified atom stereocenters. The number of piperidine rings is 1. The summed E-state index contributed by atoms with van der Waals surface area (Å²) >= 11 is 6.14. The molecule has 20 heavy (non-hydrogen) atoms. The number of hydrogen-bond acceptors (Lipinski definition) is 3. The molecule has 2 aliphatic heterocycles. The van der Waals surface area contributed by atoms with Gasteiger partial charge in [-0.2, -0.15) is 0 Å². The zero-order valence-electron chi connectivity index (χ0n) is 11.8. The molecular formula is C16H22ClNO2. The highest BCUT2D eigenvalue weighted by atomic mass is 35.5. The number of rotatable bonds is 5. The van der Waals surface area contributed by atoms with Crippen LogP contribution in [0.4, 0.5) is 0 Å². The third kappa shape index (κ3) is 3.46. The van der Waals surface area contributed by atoms with E-state index in [0.717, 1.165) is 54.9 Å². The Kier molecular flexibility index (Phi) is 4.81. The third-order valence-corrected chi connectivity index (χ3v) is 4.37. The minimum absolute atomic E-state index is 0.600. The Morgan fingerprint density at radius 1 is 1.40 bits per heavy atom. The van der Waals surface area contributed by atoms with Gasteiger partial charge >= 0.3 is 0 Å². The van der Waals surface area contributed by atoms with Crippen molar-refractivity contribution in [1.29, 1.82) is 0 Å². The standard InChI is InChI=1S/C16H22ClNO2/c17-15-8-13-4-7-20-16(13)14(9-15)11-19-6-3-12-2-1-5-18-10-12/h8-9,12,18H,1-7,10-11H2. The van der Waals surface area contributed by atoms with Crippen LogP contribution in [0.2, 0.25) is 5.02 Å². The number of benzene rings is 1. The second-order valence-corrected chi connectivity index (χ2v) is 6.14. The zero-order valence-corrected chi connectivity index (χ0v) is 12.5. The summed E-state index contributed by atoms with van der Waals surface area (Å²) in [5.74, 6) is 1.76. The van der Waals surface area contributed by atoms with Crippen LogP contribution < -0.4 is 10.1 Å². The van der Waals surface area contributed by atoms with Gasteiger partial charge in [-0.3, -0.25) is 0 Å². The molecule has 1 N–H and O–H groups in total. The fourth-order valence-corrected chi connectivity index (χ4v) is 3.32. The summed E-state index contributed by atoms with van der Waals surface area (Å²) in [5.41, 5.74) is 2.30. The van der Waals surface area contributed by atoms with Crippen molar-refractivity contribution < 1.29 is 9.47 Å². The van der Waals surface area contributed by atoms with Crippen LogP contribution in [-0.4, -0.2) is 26.3 Å². The monoisotopic (exact) mass is 295 g/mol. The number of fused-ring (bicyclic) bond motifs is 1. The van der Waals surface area contributed by atoms with Gasteiger partial charge in [-0.1, -0.05) is 11.6 Å². The quantitative estimate of drug-likeness (QED) is 0.846. The van der Waals surface area contributed by atoms with E-state index in [1.165, 1.54) is 24.9 Å². The third-order valence-electron chi connectivity index (χ3n) is 4.15. The van der Waals surface area contributed by atoms with E-state index in [-0.39, 0.29) is 0 Å². The first kappa shape index (κ1) is 14.2. The maximum absolute atomic E-state index is 6.14. The lowest BCUT2D eigenvalue weighted by Crippen LogP contribution is -2.30. The molecule has 0 amide bonds. The molecule has 1 atom stereocenters. The fraction of sp³-hybridized carbons (Fsp3) is 0.625. The van der Waals surface area contributed by atoms with Gasteiger partial charge in [0, 0.05) is 23.6 Å². The first-order valence-corrected chi connectivity index (χ1v) is 7.93. The van der Waals surface area contributed by atoms with Crippen LogP contribution in [0.15, 0.2) is 12.1 Å². The largest absolute Gasteiger partial charge is 0.493 e. The molecule has 3 rings (SSSR count). The Bertz CT molecular complexity index is 458. The van der Waals surface area contributed by atoms with Gasteiger partial charge in [-0.15, -0.1) is 0 Å². The molecule has 110 valence electrons. The first-order valence-electron chi connectivity index (χ1n) is 7.55. The van der Waals surface area contributed by atoms with E-state index in [0.29, 0.717) is 6.61 Å². The maximum atomic E-state index is 6.14. The predicted octanol–water partition coefficient (Wildman–Crippen LogP) is 3.18. The van der Waals surface area contributed by atoms with E-state index in [1.54, 1.807) is 0 Å². The van der Waals surface area contributed by atoms with E-state index >= 15 is 0 Å². The van der Waals surface area contributed by atoms with Crippen LogP contribution in [0.25, 0.3) is 0 Å². The molecule has 1 fully saturated rings. The van der Waals surface area contributed by atoms with Gasteiger partial charge in [0.25, 0.3) is 0 Å². The Morgan fingerprint density at radius 3 is 3.20 bits per heavy atom. The lowest BCUT2D eigenvalue weighted by molar-refractivity contribution is 0.102. The summed E-state index contributed by atoms with van der Waals surface area (Å²) in [5, 5.41) is 4.22. The Morgan fingerprint density at radius 2 is 2.35 bits per heavy atom. The first-order chi connectivity index (χ1) is 9.83. The molecule has 0 aromatic heterocycles. The summed E-state index contributed by atoms with van der Waals surface area (Å²) in [6.45, 7) is 4.48. The summed E-state index contributed by atoms with van der Waals surface area (Å²) < 4.78 is 11.5. The molecule has 0 spiro atoms. The molecule has 1 aromatic rings. The van der Waals surface area contributed by atoms with Crippen molar-refractivity contribution in [3.05, 3.63) is 28.3 Å². The van der Waals surface area contributed by atoms with E-state index in [4.69, 9.17) is 21.1 Å². The summed E-state index contributed by atoms with van der Waals surface area (Å²) in [4.78, 5) is 0. The highest BCUT2D eigenvalue weighted by Gasteiger charge is 2.18. The second-order valence-electron chi connectivity index (χ2n) is 5.71. The average molecular weight is 296 g/mol. The van der Waals surface area contributed by atoms with Crippen molar-refractivity contribution in [2.24, 2.45) is 5.92 Å². The molecule has 0 saturated carbocycles. The SMILES string of the molecule is Clc1cc2c(c(COCCC3CCCNC3)c1)OCC2. The minimum Gasteiger partial charge on any atom is -0.493 e. The van der Waals surface area contributed by atoms with E-state index in [2.05, 4.69) is 5.32 Å². The summed E-state index contributed by atoms with van der Waals surface area (Å²) in [7, 11) is 0. The van der Waals surface area contributed by atoms with Crippen molar-refractivity contribution in [2.75, 3.05) is 26.3 Å². The lowest BCUT2D eigenvalue weighted by atomic mass is 9.97. The van der Waals surface area contributed by atoms with Crippen LogP contribution in [0.1, 0.15) is 30.4 Å². The molecule has 4 heteroatoms. The maximum Gasteiger partial charge on any atom is 0.128 e. The molecule has 0 radical (unpaired) electrons. The van der Waals surface area contributed by atoms with E-state index in [9.17, 15) is 0 Å². The van der Waals surface area contributed by atoms with Crippen molar-refractivity contribution >= 4 is 11.6 Å². The van der Waals surface area contributed by atoms with Crippen LogP contribution in [-0.2, 0) is 17.8 Å². The van der Waals surface area contributed by atoms with Crippen LogP contribution >= 0.6 is 11.6 Å². The highest BCUT2D eigenvalue weighted by molar-refractivity contribution is 6.30. The van der Waals surface area contributed by atoms with Gasteiger partial charge in [0.2, 0.25) is 0 Å². The second kappa shape index (κ2) is 6.79. The molecule has 0 aliphatic carbocycles. The van der Waals surface area contributed by atoms with E-state index < -0.39 is 0 Å². The Labute approximate surface area is 125 Å². The van der Waals surface area contributed by atoms with Gasteiger partial charge in [0.05, 0.1) is 13.2 Å². The Hall–Kier alpha value is -0.770. The Balaban J connectivity index is 1.49. The highest BCUT2D eigenvalue weighted by Crippen LogP contribution is 2.33. The predicted molar refractivity (Wildman–Crippen MR) is 80.5 cm³/mol. The van der Waals surface area contributed by atoms with Gasteiger partial charge in [0.15, 0.2) is 0 Å². The van der Waals surface area contributed by atoms with Gasteiger partial charge in [-0.25, -0.2) is 0 Å². The molecular weight excluding hydrogens is 274 g/mol. The molecule has 0 bridgehead atoms. The van der Waals surface area contributed by atoms with Crippen LogP contribution in [0.5, 0.6) is 5.75 Å². The van der Waals surface area contributed by atoms with Crippen molar-refractivity contribution in [3.63, 3.8) is 0 Å². The fourth-order valence-electron chi connectivity index (χ4n) is 3.06. The normalized spacial score (nSPS) is 21.6. The molecule has 2 heterocycles. The van der Waals surface area contributed by atoms with Gasteiger partial charge in [-0.05, 0) is 56.0 Å². The molecule has 1 saturated heterocycles. The van der Waals surface area contributed by atoms with Crippen molar-refractivity contribution in [2.45, 2.75) is 32.3 Å². The lowest BCUT2D eigenvalue weighted by Gasteiger charge is -2.22.